The predicted octanol–water partition coefficient (Wildman–Crippen LogP) is 5.01. The molecule has 148 valence electrons. The fraction of sp³-hybridized carbons (Fsp3) is 0.200. The van der Waals surface area contributed by atoms with E-state index < -0.39 is 0 Å². The highest BCUT2D eigenvalue weighted by Crippen LogP contribution is 2.30. The lowest BCUT2D eigenvalue weighted by Crippen LogP contribution is -2.15. The highest BCUT2D eigenvalue weighted by molar-refractivity contribution is 7.99. The van der Waals surface area contributed by atoms with Gasteiger partial charge in [-0.2, -0.15) is 0 Å². The van der Waals surface area contributed by atoms with Gasteiger partial charge in [-0.25, -0.2) is 9.37 Å². The summed E-state index contributed by atoms with van der Waals surface area (Å²) in [6.45, 7) is 3.94. The van der Waals surface area contributed by atoms with Crippen LogP contribution in [-0.4, -0.2) is 31.4 Å². The molecule has 9 heteroatoms. The Hall–Kier alpha value is -2.78. The van der Waals surface area contributed by atoms with Gasteiger partial charge in [0, 0.05) is 6.04 Å². The molecule has 0 radical (unpaired) electrons. The molecule has 2 heterocycles. The van der Waals surface area contributed by atoms with Crippen LogP contribution in [0.15, 0.2) is 53.7 Å². The average Bonchev–Trinajstić information content (AvgIpc) is 3.30. The van der Waals surface area contributed by atoms with Crippen LogP contribution in [0, 0.1) is 5.82 Å². The topological polar surface area (TPSA) is 72.7 Å². The van der Waals surface area contributed by atoms with Crippen LogP contribution in [0.2, 0.25) is 0 Å². The Balaban J connectivity index is 1.49. The molecule has 2 aromatic heterocycles. The number of amides is 1. The molecule has 0 aliphatic carbocycles. The van der Waals surface area contributed by atoms with E-state index in [1.54, 1.807) is 18.2 Å². The van der Waals surface area contributed by atoms with Crippen molar-refractivity contribution in [3.8, 4) is 11.4 Å². The first kappa shape index (κ1) is 19.5. The number of halogens is 1. The molecular formula is C20H18FN5OS2. The van der Waals surface area contributed by atoms with Crippen LogP contribution in [0.25, 0.3) is 21.6 Å². The molecular weight excluding hydrogens is 409 g/mol. The lowest BCUT2D eigenvalue weighted by Gasteiger charge is -2.14. The van der Waals surface area contributed by atoms with Gasteiger partial charge < -0.3 is 5.32 Å². The second-order valence-electron chi connectivity index (χ2n) is 6.57. The Labute approximate surface area is 175 Å². The second-order valence-corrected chi connectivity index (χ2v) is 8.55. The molecule has 6 nitrogen and oxygen atoms in total. The summed E-state index contributed by atoms with van der Waals surface area (Å²) in [6, 6.07) is 14.2. The van der Waals surface area contributed by atoms with E-state index in [4.69, 9.17) is 0 Å². The highest BCUT2D eigenvalue weighted by atomic mass is 32.2. The number of benzene rings is 2. The number of anilines is 1. The molecule has 0 spiro atoms. The summed E-state index contributed by atoms with van der Waals surface area (Å²) >= 11 is 2.69. The lowest BCUT2D eigenvalue weighted by molar-refractivity contribution is -0.113. The largest absolute Gasteiger partial charge is 0.301 e. The van der Waals surface area contributed by atoms with Gasteiger partial charge in [0.05, 0.1) is 21.5 Å². The molecule has 0 fully saturated rings. The summed E-state index contributed by atoms with van der Waals surface area (Å²) in [5, 5.41) is 12.3. The number of nitrogens with zero attached hydrogens (tertiary/aromatic N) is 4. The maximum Gasteiger partial charge on any atom is 0.236 e. The molecule has 0 unspecified atom stereocenters. The quantitative estimate of drug-likeness (QED) is 0.438. The van der Waals surface area contributed by atoms with Gasteiger partial charge in [-0.1, -0.05) is 47.4 Å². The molecule has 0 atom stereocenters. The standard InChI is InChI=1S/C20H18FN5OS2/c1-12(2)26-18(13-7-3-4-8-14(13)21)24-25-20(26)28-11-17(27)23-19-22-15-9-5-6-10-16(15)29-19/h3-10,12H,11H2,1-2H3,(H,22,23,27). The van der Waals surface area contributed by atoms with Gasteiger partial charge in [0.15, 0.2) is 16.1 Å². The van der Waals surface area contributed by atoms with Crippen molar-refractivity contribution < 1.29 is 9.18 Å². The smallest absolute Gasteiger partial charge is 0.236 e. The van der Waals surface area contributed by atoms with Crippen LogP contribution in [-0.2, 0) is 4.79 Å². The van der Waals surface area contributed by atoms with E-state index in [1.165, 1.54) is 29.2 Å². The predicted molar refractivity (Wildman–Crippen MR) is 115 cm³/mol. The van der Waals surface area contributed by atoms with E-state index in [-0.39, 0.29) is 23.5 Å². The summed E-state index contributed by atoms with van der Waals surface area (Å²) in [7, 11) is 0. The van der Waals surface area contributed by atoms with Crippen LogP contribution < -0.4 is 5.32 Å². The third kappa shape index (κ3) is 4.15. The van der Waals surface area contributed by atoms with Gasteiger partial charge in [-0.15, -0.1) is 10.2 Å². The molecule has 4 aromatic rings. The number of fused-ring (bicyclic) bond motifs is 1. The first-order valence-electron chi connectivity index (χ1n) is 9.01. The average molecular weight is 428 g/mol. The van der Waals surface area contributed by atoms with Crippen LogP contribution in [0.1, 0.15) is 19.9 Å². The molecule has 0 saturated heterocycles. The Morgan fingerprint density at radius 3 is 2.69 bits per heavy atom. The van der Waals surface area contributed by atoms with E-state index in [0.29, 0.717) is 21.7 Å². The van der Waals surface area contributed by atoms with Crippen molar-refractivity contribution in [1.82, 2.24) is 19.7 Å². The first-order chi connectivity index (χ1) is 14.0. The molecule has 0 saturated carbocycles. The maximum atomic E-state index is 14.2. The van der Waals surface area contributed by atoms with E-state index in [2.05, 4.69) is 20.5 Å². The minimum absolute atomic E-state index is 0.00873. The van der Waals surface area contributed by atoms with Crippen LogP contribution in [0.3, 0.4) is 0 Å². The number of carbonyl (C=O) groups is 1. The fourth-order valence-electron chi connectivity index (χ4n) is 2.88. The SMILES string of the molecule is CC(C)n1c(SCC(=O)Nc2nc3ccccc3s2)nnc1-c1ccccc1F. The van der Waals surface area contributed by atoms with Crippen LogP contribution in [0.5, 0.6) is 0 Å². The van der Waals surface area contributed by atoms with Gasteiger partial charge in [-0.3, -0.25) is 9.36 Å². The van der Waals surface area contributed by atoms with Crippen molar-refractivity contribution in [2.24, 2.45) is 0 Å². The second kappa shape index (κ2) is 8.30. The third-order valence-corrected chi connectivity index (χ3v) is 6.06. The third-order valence-electron chi connectivity index (χ3n) is 4.17. The number of rotatable bonds is 6. The van der Waals surface area contributed by atoms with Gasteiger partial charge in [0.25, 0.3) is 0 Å². The lowest BCUT2D eigenvalue weighted by atomic mass is 10.2. The van der Waals surface area contributed by atoms with E-state index in [0.717, 1.165) is 10.2 Å². The number of aromatic nitrogens is 4. The summed E-state index contributed by atoms with van der Waals surface area (Å²) < 4.78 is 17.1. The van der Waals surface area contributed by atoms with E-state index in [9.17, 15) is 9.18 Å². The van der Waals surface area contributed by atoms with Gasteiger partial charge in [0.2, 0.25) is 5.91 Å². The molecule has 4 rings (SSSR count). The van der Waals surface area contributed by atoms with E-state index >= 15 is 0 Å². The summed E-state index contributed by atoms with van der Waals surface area (Å²) in [5.74, 6) is 0.0665. The Morgan fingerprint density at radius 1 is 1.17 bits per heavy atom. The van der Waals surface area contributed by atoms with Crippen LogP contribution >= 0.6 is 23.1 Å². The summed E-state index contributed by atoms with van der Waals surface area (Å²) in [4.78, 5) is 16.8. The highest BCUT2D eigenvalue weighted by Gasteiger charge is 2.20. The zero-order valence-electron chi connectivity index (χ0n) is 15.8. The summed E-state index contributed by atoms with van der Waals surface area (Å²) in [5.41, 5.74) is 1.24. The zero-order valence-corrected chi connectivity index (χ0v) is 17.4. The molecule has 1 amide bonds. The Kier molecular flexibility index (Phi) is 5.59. The monoisotopic (exact) mass is 427 g/mol. The molecule has 0 bridgehead atoms. The minimum Gasteiger partial charge on any atom is -0.301 e. The molecule has 2 aromatic carbocycles. The number of hydrogen-bond acceptors (Lipinski definition) is 6. The van der Waals surface area contributed by atoms with Crippen molar-refractivity contribution in [2.45, 2.75) is 25.0 Å². The van der Waals surface area contributed by atoms with Gasteiger partial charge in [0.1, 0.15) is 5.82 Å². The first-order valence-corrected chi connectivity index (χ1v) is 10.8. The van der Waals surface area contributed by atoms with E-state index in [1.807, 2.05) is 42.7 Å². The minimum atomic E-state index is -0.355. The number of carbonyl (C=O) groups excluding carboxylic acids is 1. The van der Waals surface area contributed by atoms with Gasteiger partial charge >= 0.3 is 0 Å². The molecule has 0 aliphatic rings. The number of hydrogen-bond donors (Lipinski definition) is 1. The molecule has 0 aliphatic heterocycles. The summed E-state index contributed by atoms with van der Waals surface area (Å²) in [6.07, 6.45) is 0. The van der Waals surface area contributed by atoms with Crippen molar-refractivity contribution in [2.75, 3.05) is 11.1 Å². The number of nitrogens with one attached hydrogen (secondary N) is 1. The Morgan fingerprint density at radius 2 is 1.93 bits per heavy atom. The van der Waals surface area contributed by atoms with Crippen LogP contribution in [0.4, 0.5) is 9.52 Å². The number of thioether (sulfide) groups is 1. The number of para-hydroxylation sites is 1. The van der Waals surface area contributed by atoms with Crippen molar-refractivity contribution in [3.05, 3.63) is 54.3 Å². The van der Waals surface area contributed by atoms with Crippen molar-refractivity contribution in [1.29, 1.82) is 0 Å². The fourth-order valence-corrected chi connectivity index (χ4v) is 4.63. The van der Waals surface area contributed by atoms with Crippen molar-refractivity contribution in [3.63, 3.8) is 0 Å². The Bertz CT molecular complexity index is 1140. The van der Waals surface area contributed by atoms with Crippen molar-refractivity contribution >= 4 is 44.4 Å². The zero-order chi connectivity index (χ0) is 20.4. The molecule has 1 N–H and O–H groups in total. The van der Waals surface area contributed by atoms with Gasteiger partial charge in [-0.05, 0) is 38.1 Å². The normalized spacial score (nSPS) is 11.3. The number of thiazole rings is 1. The maximum absolute atomic E-state index is 14.2. The molecule has 29 heavy (non-hydrogen) atoms.